The van der Waals surface area contributed by atoms with Crippen LogP contribution < -0.4 is 0 Å². The maximum absolute atomic E-state index is 12.9. The fourth-order valence-electron chi connectivity index (χ4n) is 3.68. The highest BCUT2D eigenvalue weighted by Crippen LogP contribution is 2.32. The molecule has 5 nitrogen and oxygen atoms in total. The van der Waals surface area contributed by atoms with Crippen molar-refractivity contribution in [2.75, 3.05) is 13.1 Å². The molecule has 30 heavy (non-hydrogen) atoms. The van der Waals surface area contributed by atoms with Crippen LogP contribution in [0.15, 0.2) is 29.8 Å². The van der Waals surface area contributed by atoms with Gasteiger partial charge in [0.1, 0.15) is 5.60 Å². The van der Waals surface area contributed by atoms with Crippen LogP contribution in [-0.4, -0.2) is 52.6 Å². The Kier molecular flexibility index (Phi) is 8.14. The number of halogens is 1. The fourth-order valence-corrected chi connectivity index (χ4v) is 4.34. The van der Waals surface area contributed by atoms with E-state index in [-0.39, 0.29) is 24.1 Å². The van der Waals surface area contributed by atoms with Crippen LogP contribution in [-0.2, 0) is 4.74 Å². The van der Waals surface area contributed by atoms with Crippen molar-refractivity contribution in [1.29, 1.82) is 0 Å². The molecule has 0 atom stereocenters. The molecule has 0 bridgehead atoms. The SMILES string of the molecule is CC(C)N(C(=O)c1ccc(C(Br)=C2CCN(C(=O)OC(C)(C)C)CC2)cc1)C(C)C. The van der Waals surface area contributed by atoms with E-state index in [2.05, 4.69) is 15.9 Å². The number of hydrogen-bond donors (Lipinski definition) is 0. The lowest BCUT2D eigenvalue weighted by atomic mass is 10.00. The van der Waals surface area contributed by atoms with E-state index in [1.54, 1.807) is 4.90 Å². The van der Waals surface area contributed by atoms with Crippen molar-refractivity contribution in [1.82, 2.24) is 9.80 Å². The summed E-state index contributed by atoms with van der Waals surface area (Å²) in [5, 5.41) is 0. The molecule has 0 aliphatic carbocycles. The molecule has 0 spiro atoms. The number of rotatable bonds is 4. The van der Waals surface area contributed by atoms with Gasteiger partial charge in [0.25, 0.3) is 5.91 Å². The number of carbonyl (C=O) groups excluding carboxylic acids is 2. The van der Waals surface area contributed by atoms with Crippen LogP contribution in [0.1, 0.15) is 77.2 Å². The summed E-state index contributed by atoms with van der Waals surface area (Å²) in [4.78, 5) is 28.8. The number of ether oxygens (including phenoxy) is 1. The van der Waals surface area contributed by atoms with Gasteiger partial charge in [-0.2, -0.15) is 0 Å². The lowest BCUT2D eigenvalue weighted by Crippen LogP contribution is -2.42. The van der Waals surface area contributed by atoms with Crippen molar-refractivity contribution in [3.8, 4) is 0 Å². The maximum atomic E-state index is 12.9. The van der Waals surface area contributed by atoms with E-state index in [0.29, 0.717) is 18.7 Å². The zero-order valence-electron chi connectivity index (χ0n) is 19.3. The molecule has 1 aromatic carbocycles. The Morgan fingerprint density at radius 1 is 0.967 bits per heavy atom. The highest BCUT2D eigenvalue weighted by molar-refractivity contribution is 9.15. The number of nitrogens with zero attached hydrogens (tertiary/aromatic N) is 2. The molecule has 1 fully saturated rings. The first kappa shape index (κ1) is 24.4. The average molecular weight is 479 g/mol. The Morgan fingerprint density at radius 2 is 1.43 bits per heavy atom. The summed E-state index contributed by atoms with van der Waals surface area (Å²) in [5.41, 5.74) is 2.55. The summed E-state index contributed by atoms with van der Waals surface area (Å²) in [5.74, 6) is 0.0565. The van der Waals surface area contributed by atoms with E-state index in [1.165, 1.54) is 5.57 Å². The van der Waals surface area contributed by atoms with Crippen molar-refractivity contribution in [2.45, 2.75) is 79.0 Å². The molecule has 1 saturated heterocycles. The van der Waals surface area contributed by atoms with Gasteiger partial charge in [-0.1, -0.05) is 33.6 Å². The van der Waals surface area contributed by atoms with Gasteiger partial charge in [-0.25, -0.2) is 4.79 Å². The van der Waals surface area contributed by atoms with Crippen LogP contribution in [0.5, 0.6) is 0 Å². The summed E-state index contributed by atoms with van der Waals surface area (Å²) in [6.45, 7) is 15.1. The molecule has 0 saturated carbocycles. The smallest absolute Gasteiger partial charge is 0.410 e. The third kappa shape index (κ3) is 6.34. The minimum Gasteiger partial charge on any atom is -0.444 e. The highest BCUT2D eigenvalue weighted by atomic mass is 79.9. The van der Waals surface area contributed by atoms with Crippen LogP contribution in [0.25, 0.3) is 4.48 Å². The van der Waals surface area contributed by atoms with Gasteiger partial charge in [0, 0.05) is 35.2 Å². The van der Waals surface area contributed by atoms with E-state index in [1.807, 2.05) is 77.6 Å². The van der Waals surface area contributed by atoms with E-state index in [4.69, 9.17) is 4.74 Å². The van der Waals surface area contributed by atoms with Crippen LogP contribution in [0.3, 0.4) is 0 Å². The van der Waals surface area contributed by atoms with E-state index < -0.39 is 5.60 Å². The predicted octanol–water partition coefficient (Wildman–Crippen LogP) is 6.08. The molecular formula is C24H35BrN2O3. The van der Waals surface area contributed by atoms with Gasteiger partial charge in [0.15, 0.2) is 0 Å². The molecule has 1 heterocycles. The normalized spacial score (nSPS) is 14.9. The summed E-state index contributed by atoms with van der Waals surface area (Å²) in [7, 11) is 0. The molecule has 2 amide bonds. The third-order valence-electron chi connectivity index (χ3n) is 5.06. The number of carbonyl (C=O) groups is 2. The lowest BCUT2D eigenvalue weighted by Gasteiger charge is -2.31. The van der Waals surface area contributed by atoms with E-state index in [9.17, 15) is 9.59 Å². The Balaban J connectivity index is 2.07. The quantitative estimate of drug-likeness (QED) is 0.526. The van der Waals surface area contributed by atoms with Crippen LogP contribution in [0.2, 0.25) is 0 Å². The first-order chi connectivity index (χ1) is 13.9. The number of piperidine rings is 1. The number of likely N-dealkylation sites (tertiary alicyclic amines) is 1. The number of amides is 2. The Hall–Kier alpha value is -1.82. The van der Waals surface area contributed by atoms with Gasteiger partial charge >= 0.3 is 6.09 Å². The Morgan fingerprint density at radius 3 is 1.87 bits per heavy atom. The van der Waals surface area contributed by atoms with Crippen LogP contribution >= 0.6 is 15.9 Å². The zero-order chi connectivity index (χ0) is 22.6. The van der Waals surface area contributed by atoms with Crippen molar-refractivity contribution < 1.29 is 14.3 Å². The van der Waals surface area contributed by atoms with Gasteiger partial charge in [0.05, 0.1) is 0 Å². The molecular weight excluding hydrogens is 444 g/mol. The molecule has 0 radical (unpaired) electrons. The van der Waals surface area contributed by atoms with Crippen LogP contribution in [0, 0.1) is 0 Å². The average Bonchev–Trinajstić information content (AvgIpc) is 2.65. The van der Waals surface area contributed by atoms with Gasteiger partial charge in [-0.3, -0.25) is 4.79 Å². The second-order valence-corrected chi connectivity index (χ2v) is 10.2. The Labute approximate surface area is 189 Å². The largest absolute Gasteiger partial charge is 0.444 e. The molecule has 0 aromatic heterocycles. The minimum absolute atomic E-state index is 0.0565. The van der Waals surface area contributed by atoms with Crippen LogP contribution in [0.4, 0.5) is 4.79 Å². The van der Waals surface area contributed by atoms with Gasteiger partial charge < -0.3 is 14.5 Å². The first-order valence-electron chi connectivity index (χ1n) is 10.7. The molecule has 1 aromatic rings. The topological polar surface area (TPSA) is 49.9 Å². The van der Waals surface area contributed by atoms with Gasteiger partial charge in [-0.15, -0.1) is 0 Å². The zero-order valence-corrected chi connectivity index (χ0v) is 20.9. The second-order valence-electron chi connectivity index (χ2n) is 9.36. The molecule has 6 heteroatoms. The molecule has 0 N–H and O–H groups in total. The van der Waals surface area contributed by atoms with Gasteiger partial charge in [0.2, 0.25) is 0 Å². The summed E-state index contributed by atoms with van der Waals surface area (Å²) in [6.07, 6.45) is 1.35. The predicted molar refractivity (Wildman–Crippen MR) is 126 cm³/mol. The first-order valence-corrected chi connectivity index (χ1v) is 11.5. The van der Waals surface area contributed by atoms with Gasteiger partial charge in [-0.05, 0) is 79.0 Å². The van der Waals surface area contributed by atoms with Crippen molar-refractivity contribution in [3.63, 3.8) is 0 Å². The molecule has 0 unspecified atom stereocenters. The second kappa shape index (κ2) is 9.99. The highest BCUT2D eigenvalue weighted by Gasteiger charge is 2.26. The standard InChI is InChI=1S/C24H35BrN2O3/c1-16(2)27(17(3)4)22(28)20-10-8-18(9-11-20)21(25)19-12-14-26(15-13-19)23(29)30-24(5,6)7/h8-11,16-17H,12-15H2,1-7H3. The number of benzene rings is 1. The summed E-state index contributed by atoms with van der Waals surface area (Å²) >= 11 is 3.74. The van der Waals surface area contributed by atoms with E-state index >= 15 is 0 Å². The monoisotopic (exact) mass is 478 g/mol. The van der Waals surface area contributed by atoms with Crippen molar-refractivity contribution in [2.24, 2.45) is 0 Å². The lowest BCUT2D eigenvalue weighted by molar-refractivity contribution is 0.0236. The fraction of sp³-hybridized carbons (Fsp3) is 0.583. The van der Waals surface area contributed by atoms with Crippen molar-refractivity contribution >= 4 is 32.4 Å². The maximum Gasteiger partial charge on any atom is 0.410 e. The molecule has 1 aliphatic heterocycles. The Bertz CT molecular complexity index is 774. The molecule has 2 rings (SSSR count). The molecule has 166 valence electrons. The summed E-state index contributed by atoms with van der Waals surface area (Å²) in [6, 6.07) is 8.08. The van der Waals surface area contributed by atoms with Crippen molar-refractivity contribution in [3.05, 3.63) is 41.0 Å². The minimum atomic E-state index is -0.478. The third-order valence-corrected chi connectivity index (χ3v) is 6.08. The molecule has 1 aliphatic rings. The number of hydrogen-bond acceptors (Lipinski definition) is 3. The van der Waals surface area contributed by atoms with E-state index in [0.717, 1.165) is 22.9 Å². The summed E-state index contributed by atoms with van der Waals surface area (Å²) < 4.78 is 6.52.